The van der Waals surface area contributed by atoms with Crippen LogP contribution in [0, 0.1) is 6.92 Å². The summed E-state index contributed by atoms with van der Waals surface area (Å²) in [6.45, 7) is 5.62. The highest BCUT2D eigenvalue weighted by molar-refractivity contribution is 8.00. The maximum Gasteiger partial charge on any atom is 0.409 e. The van der Waals surface area contributed by atoms with Crippen molar-refractivity contribution in [2.24, 2.45) is 14.1 Å². The molecule has 2 amide bonds. The molecular formula is C19H25N5O5S. The zero-order valence-electron chi connectivity index (χ0n) is 17.5. The van der Waals surface area contributed by atoms with Crippen LogP contribution in [0.2, 0.25) is 0 Å². The van der Waals surface area contributed by atoms with Crippen molar-refractivity contribution in [3.63, 3.8) is 0 Å². The summed E-state index contributed by atoms with van der Waals surface area (Å²) in [7, 11) is 2.99. The summed E-state index contributed by atoms with van der Waals surface area (Å²) in [6, 6.07) is 0. The molecule has 162 valence electrons. The standard InChI is InChI=1S/C19H25N5O5S/c1-5-29-19(28)24-8-6-23(7-9-24)13(25)11-30-15-12(2)10-20-16-14(15)17(26)22(4)18(27)21(16)3/h10H,5-9,11H2,1-4H3. The molecule has 0 aromatic carbocycles. The smallest absolute Gasteiger partial charge is 0.409 e. The third-order valence-electron chi connectivity index (χ3n) is 5.10. The highest BCUT2D eigenvalue weighted by Crippen LogP contribution is 2.27. The summed E-state index contributed by atoms with van der Waals surface area (Å²) >= 11 is 1.27. The zero-order valence-corrected chi connectivity index (χ0v) is 18.3. The Hall–Kier alpha value is -2.82. The predicted octanol–water partition coefficient (Wildman–Crippen LogP) is 0.333. The Labute approximate surface area is 177 Å². The molecule has 2 aromatic heterocycles. The van der Waals surface area contributed by atoms with Gasteiger partial charge in [-0.05, 0) is 19.4 Å². The van der Waals surface area contributed by atoms with E-state index in [1.54, 1.807) is 30.0 Å². The maximum atomic E-state index is 12.7. The van der Waals surface area contributed by atoms with Crippen LogP contribution < -0.4 is 11.2 Å². The molecule has 3 heterocycles. The Morgan fingerprint density at radius 1 is 1.10 bits per heavy atom. The average molecular weight is 436 g/mol. The summed E-state index contributed by atoms with van der Waals surface area (Å²) in [6.07, 6.45) is 1.24. The normalized spacial score (nSPS) is 14.3. The number of carbonyl (C=O) groups is 2. The summed E-state index contributed by atoms with van der Waals surface area (Å²) in [5.41, 5.74) is 0.188. The number of thioether (sulfide) groups is 1. The third-order valence-corrected chi connectivity index (χ3v) is 6.30. The van der Waals surface area contributed by atoms with Gasteiger partial charge in [0, 0.05) is 51.4 Å². The second-order valence-electron chi connectivity index (χ2n) is 7.03. The Morgan fingerprint density at radius 2 is 1.73 bits per heavy atom. The topological polar surface area (TPSA) is 107 Å². The van der Waals surface area contributed by atoms with Crippen molar-refractivity contribution in [1.82, 2.24) is 23.9 Å². The number of amides is 2. The molecule has 0 aliphatic carbocycles. The van der Waals surface area contributed by atoms with Gasteiger partial charge in [0.1, 0.15) is 5.65 Å². The Morgan fingerprint density at radius 3 is 2.37 bits per heavy atom. The molecule has 0 saturated carbocycles. The number of ether oxygens (including phenoxy) is 1. The number of pyridine rings is 1. The first-order chi connectivity index (χ1) is 14.3. The first-order valence-electron chi connectivity index (χ1n) is 9.63. The fourth-order valence-corrected chi connectivity index (χ4v) is 4.42. The number of aromatic nitrogens is 3. The van der Waals surface area contributed by atoms with Crippen LogP contribution >= 0.6 is 11.8 Å². The highest BCUT2D eigenvalue weighted by Gasteiger charge is 2.25. The lowest BCUT2D eigenvalue weighted by Crippen LogP contribution is -2.51. The average Bonchev–Trinajstić information content (AvgIpc) is 2.75. The zero-order chi connectivity index (χ0) is 22.0. The van der Waals surface area contributed by atoms with E-state index in [2.05, 4.69) is 4.98 Å². The van der Waals surface area contributed by atoms with E-state index >= 15 is 0 Å². The molecule has 0 N–H and O–H groups in total. The van der Waals surface area contributed by atoms with Gasteiger partial charge in [0.15, 0.2) is 0 Å². The van der Waals surface area contributed by atoms with Crippen molar-refractivity contribution in [2.45, 2.75) is 18.7 Å². The molecule has 0 bridgehead atoms. The molecule has 0 unspecified atom stereocenters. The molecule has 0 atom stereocenters. The van der Waals surface area contributed by atoms with E-state index in [4.69, 9.17) is 4.74 Å². The molecule has 1 aliphatic rings. The fourth-order valence-electron chi connectivity index (χ4n) is 3.36. The van der Waals surface area contributed by atoms with E-state index in [0.717, 1.165) is 10.1 Å². The van der Waals surface area contributed by atoms with Crippen molar-refractivity contribution < 1.29 is 14.3 Å². The van der Waals surface area contributed by atoms with Gasteiger partial charge in [-0.3, -0.25) is 18.7 Å². The van der Waals surface area contributed by atoms with Crippen LogP contribution in [0.15, 0.2) is 20.7 Å². The van der Waals surface area contributed by atoms with E-state index < -0.39 is 11.2 Å². The van der Waals surface area contributed by atoms with Gasteiger partial charge in [-0.15, -0.1) is 11.8 Å². The monoisotopic (exact) mass is 435 g/mol. The number of aryl methyl sites for hydroxylation is 2. The summed E-state index contributed by atoms with van der Waals surface area (Å²) < 4.78 is 7.37. The Kier molecular flexibility index (Phi) is 6.49. The van der Waals surface area contributed by atoms with Crippen LogP contribution in [-0.2, 0) is 23.6 Å². The van der Waals surface area contributed by atoms with E-state index in [1.165, 1.54) is 23.4 Å². The van der Waals surface area contributed by atoms with Crippen LogP contribution in [0.5, 0.6) is 0 Å². The summed E-state index contributed by atoms with van der Waals surface area (Å²) in [4.78, 5) is 57.6. The van der Waals surface area contributed by atoms with Crippen LogP contribution in [0.25, 0.3) is 11.0 Å². The quantitative estimate of drug-likeness (QED) is 0.637. The Bertz CT molecular complexity index is 1100. The summed E-state index contributed by atoms with van der Waals surface area (Å²) in [5.74, 6) is 0.0697. The number of hydrogen-bond acceptors (Lipinski definition) is 7. The molecular weight excluding hydrogens is 410 g/mol. The molecule has 1 saturated heterocycles. The van der Waals surface area contributed by atoms with Gasteiger partial charge in [-0.25, -0.2) is 14.6 Å². The lowest BCUT2D eigenvalue weighted by molar-refractivity contribution is -0.129. The molecule has 0 spiro atoms. The summed E-state index contributed by atoms with van der Waals surface area (Å²) in [5, 5.41) is 0.338. The highest BCUT2D eigenvalue weighted by atomic mass is 32.2. The minimum atomic E-state index is -0.449. The molecule has 3 rings (SSSR count). The first kappa shape index (κ1) is 21.9. The molecule has 30 heavy (non-hydrogen) atoms. The van der Waals surface area contributed by atoms with Crippen molar-refractivity contribution in [1.29, 1.82) is 0 Å². The molecule has 0 radical (unpaired) electrons. The molecule has 10 nitrogen and oxygen atoms in total. The second-order valence-corrected chi connectivity index (χ2v) is 8.02. The number of hydrogen-bond donors (Lipinski definition) is 0. The second kappa shape index (κ2) is 8.90. The lowest BCUT2D eigenvalue weighted by Gasteiger charge is -2.34. The number of fused-ring (bicyclic) bond motifs is 1. The number of rotatable bonds is 4. The molecule has 1 fully saturated rings. The van der Waals surface area contributed by atoms with E-state index in [1.807, 2.05) is 6.92 Å². The SMILES string of the molecule is CCOC(=O)N1CCN(C(=O)CSc2c(C)cnc3c2c(=O)n(C)c(=O)n3C)CC1. The molecule has 11 heteroatoms. The van der Waals surface area contributed by atoms with Crippen LogP contribution in [0.3, 0.4) is 0 Å². The number of piperazine rings is 1. The largest absolute Gasteiger partial charge is 0.450 e. The predicted molar refractivity (Wildman–Crippen MR) is 113 cm³/mol. The minimum Gasteiger partial charge on any atom is -0.450 e. The molecule has 1 aliphatic heterocycles. The van der Waals surface area contributed by atoms with Gasteiger partial charge < -0.3 is 14.5 Å². The van der Waals surface area contributed by atoms with Crippen molar-refractivity contribution in [2.75, 3.05) is 38.5 Å². The van der Waals surface area contributed by atoms with Crippen LogP contribution in [-0.4, -0.2) is 74.5 Å². The van der Waals surface area contributed by atoms with Gasteiger partial charge >= 0.3 is 11.8 Å². The van der Waals surface area contributed by atoms with Crippen molar-refractivity contribution >= 4 is 34.8 Å². The third kappa shape index (κ3) is 4.07. The van der Waals surface area contributed by atoms with E-state index in [9.17, 15) is 19.2 Å². The van der Waals surface area contributed by atoms with Crippen molar-refractivity contribution in [3.05, 3.63) is 32.6 Å². The number of carbonyl (C=O) groups excluding carboxylic acids is 2. The maximum absolute atomic E-state index is 12.7. The van der Waals surface area contributed by atoms with E-state index in [-0.39, 0.29) is 17.8 Å². The number of nitrogens with zero attached hydrogens (tertiary/aromatic N) is 5. The van der Waals surface area contributed by atoms with Gasteiger partial charge in [0.25, 0.3) is 5.56 Å². The first-order valence-corrected chi connectivity index (χ1v) is 10.6. The molecule has 2 aromatic rings. The Balaban J connectivity index is 1.76. The minimum absolute atomic E-state index is 0.0745. The fraction of sp³-hybridized carbons (Fsp3) is 0.526. The lowest BCUT2D eigenvalue weighted by atomic mass is 10.2. The van der Waals surface area contributed by atoms with Crippen molar-refractivity contribution in [3.8, 4) is 0 Å². The van der Waals surface area contributed by atoms with Gasteiger partial charge in [-0.2, -0.15) is 0 Å². The van der Waals surface area contributed by atoms with Gasteiger partial charge in [0.2, 0.25) is 5.91 Å². The van der Waals surface area contributed by atoms with Gasteiger partial charge in [-0.1, -0.05) is 0 Å². The van der Waals surface area contributed by atoms with E-state index in [0.29, 0.717) is 48.7 Å². The van der Waals surface area contributed by atoms with Crippen LogP contribution in [0.4, 0.5) is 4.79 Å². The van der Waals surface area contributed by atoms with Gasteiger partial charge in [0.05, 0.1) is 17.7 Å². The van der Waals surface area contributed by atoms with Crippen LogP contribution in [0.1, 0.15) is 12.5 Å².